The van der Waals surface area contributed by atoms with Crippen LogP contribution < -0.4 is 0 Å². The van der Waals surface area contributed by atoms with Gasteiger partial charge in [0.1, 0.15) is 5.75 Å². The molecule has 2 heteroatoms. The highest BCUT2D eigenvalue weighted by Gasteiger charge is 2.16. The van der Waals surface area contributed by atoms with Crippen molar-refractivity contribution in [1.29, 1.82) is 0 Å². The average Bonchev–Trinajstić information content (AvgIpc) is 2.47. The van der Waals surface area contributed by atoms with E-state index in [1.54, 1.807) is 6.07 Å². The summed E-state index contributed by atoms with van der Waals surface area (Å²) in [6, 6.07) is 19.5. The first-order valence-electron chi connectivity index (χ1n) is 7.07. The molecule has 0 fully saturated rings. The highest BCUT2D eigenvalue weighted by molar-refractivity contribution is 5.77. The van der Waals surface area contributed by atoms with Crippen LogP contribution in [-0.2, 0) is 5.41 Å². The van der Waals surface area contributed by atoms with Crippen molar-refractivity contribution in [3.63, 3.8) is 0 Å². The van der Waals surface area contributed by atoms with E-state index in [1.165, 1.54) is 5.39 Å². The first kappa shape index (κ1) is 15.0. The fourth-order valence-electron chi connectivity index (χ4n) is 2.12. The van der Waals surface area contributed by atoms with Crippen LogP contribution >= 0.6 is 0 Å². The van der Waals surface area contributed by atoms with Gasteiger partial charge in [-0.05, 0) is 29.2 Å². The molecule has 3 rings (SSSR count). The highest BCUT2D eigenvalue weighted by Crippen LogP contribution is 2.29. The first-order valence-corrected chi connectivity index (χ1v) is 7.07. The van der Waals surface area contributed by atoms with E-state index < -0.39 is 0 Å². The van der Waals surface area contributed by atoms with Gasteiger partial charge in [-0.15, -0.1) is 0 Å². The number of fused-ring (bicyclic) bond motifs is 1. The Kier molecular flexibility index (Phi) is 4.59. The summed E-state index contributed by atoms with van der Waals surface area (Å²) in [6.07, 6.45) is 1.81. The lowest BCUT2D eigenvalue weighted by molar-refractivity contribution is 0.447. The molecule has 3 aromatic rings. The van der Waals surface area contributed by atoms with Crippen molar-refractivity contribution in [1.82, 2.24) is 4.98 Å². The third-order valence-corrected chi connectivity index (χ3v) is 3.22. The number of rotatable bonds is 0. The summed E-state index contributed by atoms with van der Waals surface area (Å²) in [7, 11) is 0. The molecule has 2 nitrogen and oxygen atoms in total. The second-order valence-corrected chi connectivity index (χ2v) is 5.96. The Bertz CT molecular complexity index is 648. The molecule has 0 aliphatic rings. The van der Waals surface area contributed by atoms with Gasteiger partial charge in [0, 0.05) is 11.6 Å². The Morgan fingerprint density at radius 1 is 0.810 bits per heavy atom. The average molecular weight is 279 g/mol. The summed E-state index contributed by atoms with van der Waals surface area (Å²) >= 11 is 0. The van der Waals surface area contributed by atoms with Crippen molar-refractivity contribution in [2.24, 2.45) is 0 Å². The molecule has 0 saturated carbocycles. The van der Waals surface area contributed by atoms with Crippen LogP contribution in [0.3, 0.4) is 0 Å². The minimum absolute atomic E-state index is 0.0331. The smallest absolute Gasteiger partial charge is 0.119 e. The fraction of sp³-hybridized carbons (Fsp3) is 0.211. The number of hydrogen-bond donors (Lipinski definition) is 1. The molecule has 0 atom stereocenters. The van der Waals surface area contributed by atoms with Crippen LogP contribution in [0.5, 0.6) is 5.75 Å². The standard InChI is InChI=1S/C10H14O.C9H7N/c1-10(2,3)8-6-4-5-7-9(8)11;1-2-6-9-8(4-1)5-3-7-10-9/h4-7,11H,1-3H3;1-7H. The quantitative estimate of drug-likeness (QED) is 0.633. The van der Waals surface area contributed by atoms with Gasteiger partial charge in [0.2, 0.25) is 0 Å². The number of aromatic nitrogens is 1. The van der Waals surface area contributed by atoms with Crippen LogP contribution in [0.25, 0.3) is 10.9 Å². The van der Waals surface area contributed by atoms with Crippen LogP contribution in [-0.4, -0.2) is 10.1 Å². The van der Waals surface area contributed by atoms with E-state index in [9.17, 15) is 5.11 Å². The molecule has 2 aromatic carbocycles. The normalized spacial score (nSPS) is 10.8. The van der Waals surface area contributed by atoms with Gasteiger partial charge >= 0.3 is 0 Å². The van der Waals surface area contributed by atoms with E-state index in [-0.39, 0.29) is 5.41 Å². The van der Waals surface area contributed by atoms with Crippen LogP contribution in [0.2, 0.25) is 0 Å². The molecule has 0 amide bonds. The summed E-state index contributed by atoms with van der Waals surface area (Å²) < 4.78 is 0. The van der Waals surface area contributed by atoms with Crippen molar-refractivity contribution < 1.29 is 5.11 Å². The van der Waals surface area contributed by atoms with E-state index in [2.05, 4.69) is 37.9 Å². The molecule has 108 valence electrons. The van der Waals surface area contributed by atoms with Gasteiger partial charge < -0.3 is 5.11 Å². The number of hydrogen-bond acceptors (Lipinski definition) is 2. The molecule has 0 aliphatic carbocycles. The van der Waals surface area contributed by atoms with Crippen molar-refractivity contribution in [3.8, 4) is 5.75 Å². The number of phenols is 1. The minimum Gasteiger partial charge on any atom is -0.508 e. The summed E-state index contributed by atoms with van der Waals surface area (Å²) in [5.41, 5.74) is 2.09. The number of nitrogens with zero attached hydrogens (tertiary/aromatic N) is 1. The molecule has 0 bridgehead atoms. The molecular weight excluding hydrogens is 258 g/mol. The summed E-state index contributed by atoms with van der Waals surface area (Å²) in [6.45, 7) is 6.26. The first-order chi connectivity index (χ1) is 9.98. The van der Waals surface area contributed by atoms with Crippen LogP contribution in [0.1, 0.15) is 26.3 Å². The molecule has 0 radical (unpaired) electrons. The Labute approximate surface area is 126 Å². The lowest BCUT2D eigenvalue weighted by Crippen LogP contribution is -2.10. The topological polar surface area (TPSA) is 33.1 Å². The SMILES string of the molecule is CC(C)(C)c1ccccc1O.c1ccc2ncccc2c1. The van der Waals surface area contributed by atoms with E-state index in [1.807, 2.05) is 48.7 Å². The van der Waals surface area contributed by atoms with Gasteiger partial charge in [0.05, 0.1) is 5.52 Å². The van der Waals surface area contributed by atoms with E-state index >= 15 is 0 Å². The van der Waals surface area contributed by atoms with Crippen molar-refractivity contribution >= 4 is 10.9 Å². The molecule has 0 aliphatic heterocycles. The maximum absolute atomic E-state index is 9.45. The predicted molar refractivity (Wildman–Crippen MR) is 88.5 cm³/mol. The zero-order valence-electron chi connectivity index (χ0n) is 12.7. The lowest BCUT2D eigenvalue weighted by Gasteiger charge is -2.19. The third kappa shape index (κ3) is 4.06. The van der Waals surface area contributed by atoms with Crippen LogP contribution in [0.4, 0.5) is 0 Å². The largest absolute Gasteiger partial charge is 0.508 e. The minimum atomic E-state index is 0.0331. The number of aromatic hydroxyl groups is 1. The van der Waals surface area contributed by atoms with Crippen LogP contribution in [0, 0.1) is 0 Å². The second-order valence-electron chi connectivity index (χ2n) is 5.96. The summed E-state index contributed by atoms with van der Waals surface area (Å²) in [5, 5.41) is 10.6. The molecule has 0 spiro atoms. The van der Waals surface area contributed by atoms with E-state index in [0.717, 1.165) is 11.1 Å². The molecular formula is C19H21NO. The maximum atomic E-state index is 9.45. The van der Waals surface area contributed by atoms with E-state index in [4.69, 9.17) is 0 Å². The van der Waals surface area contributed by atoms with Gasteiger partial charge in [-0.2, -0.15) is 0 Å². The summed E-state index contributed by atoms with van der Waals surface area (Å²) in [5.74, 6) is 0.389. The van der Waals surface area contributed by atoms with Gasteiger partial charge in [0.25, 0.3) is 0 Å². The molecule has 0 saturated heterocycles. The summed E-state index contributed by atoms with van der Waals surface area (Å²) in [4.78, 5) is 4.18. The van der Waals surface area contributed by atoms with Gasteiger partial charge in [-0.3, -0.25) is 4.98 Å². The number of para-hydroxylation sites is 2. The van der Waals surface area contributed by atoms with Crippen molar-refractivity contribution in [2.45, 2.75) is 26.2 Å². The predicted octanol–water partition coefficient (Wildman–Crippen LogP) is 4.92. The van der Waals surface area contributed by atoms with Crippen molar-refractivity contribution in [3.05, 3.63) is 72.4 Å². The Hall–Kier alpha value is -2.35. The fourth-order valence-corrected chi connectivity index (χ4v) is 2.12. The lowest BCUT2D eigenvalue weighted by atomic mass is 9.86. The van der Waals surface area contributed by atoms with Gasteiger partial charge in [-0.1, -0.05) is 63.2 Å². The third-order valence-electron chi connectivity index (χ3n) is 3.22. The maximum Gasteiger partial charge on any atom is 0.119 e. The Morgan fingerprint density at radius 3 is 2.05 bits per heavy atom. The van der Waals surface area contributed by atoms with Gasteiger partial charge in [-0.25, -0.2) is 0 Å². The second kappa shape index (κ2) is 6.40. The Morgan fingerprint density at radius 2 is 1.43 bits per heavy atom. The van der Waals surface area contributed by atoms with Gasteiger partial charge in [0.15, 0.2) is 0 Å². The molecule has 1 N–H and O–H groups in total. The highest BCUT2D eigenvalue weighted by atomic mass is 16.3. The molecule has 21 heavy (non-hydrogen) atoms. The molecule has 0 unspecified atom stereocenters. The number of benzene rings is 2. The molecule has 1 aromatic heterocycles. The van der Waals surface area contributed by atoms with Crippen LogP contribution in [0.15, 0.2) is 66.9 Å². The monoisotopic (exact) mass is 279 g/mol. The number of phenolic OH excluding ortho intramolecular Hbond substituents is 1. The zero-order valence-corrected chi connectivity index (χ0v) is 12.7. The zero-order chi connectivity index (χ0) is 15.3. The Balaban J connectivity index is 0.000000154. The molecule has 1 heterocycles. The van der Waals surface area contributed by atoms with Crippen molar-refractivity contribution in [2.75, 3.05) is 0 Å². The van der Waals surface area contributed by atoms with E-state index in [0.29, 0.717) is 5.75 Å². The number of pyridine rings is 1.